The van der Waals surface area contributed by atoms with Gasteiger partial charge in [0.05, 0.1) is 7.11 Å². The highest BCUT2D eigenvalue weighted by molar-refractivity contribution is 5.58. The average molecular weight is 204 g/mol. The minimum atomic E-state index is 0.899. The number of nitrogens with one attached hydrogen (secondary N) is 1. The van der Waals surface area contributed by atoms with Crippen LogP contribution in [0.15, 0.2) is 24.0 Å². The van der Waals surface area contributed by atoms with Crippen LogP contribution in [0.4, 0.5) is 0 Å². The summed E-state index contributed by atoms with van der Waals surface area (Å²) < 4.78 is 5.29. The van der Waals surface area contributed by atoms with E-state index in [1.807, 2.05) is 12.3 Å². The largest absolute Gasteiger partial charge is 0.496 e. The van der Waals surface area contributed by atoms with Crippen molar-refractivity contribution >= 4 is 6.08 Å². The smallest absolute Gasteiger partial charge is 0.129 e. The Labute approximate surface area is 90.2 Å². The zero-order chi connectivity index (χ0) is 10.5. The Morgan fingerprint density at radius 2 is 2.20 bits per heavy atom. The molecule has 0 amide bonds. The van der Waals surface area contributed by atoms with Gasteiger partial charge in [-0.25, -0.2) is 0 Å². The third-order valence-electron chi connectivity index (χ3n) is 2.64. The van der Waals surface area contributed by atoms with Gasteiger partial charge in [-0.3, -0.25) is 4.98 Å². The van der Waals surface area contributed by atoms with Gasteiger partial charge in [0.25, 0.3) is 0 Å². The Morgan fingerprint density at radius 1 is 1.40 bits per heavy atom. The fraction of sp³-hybridized carbons (Fsp3) is 0.417. The standard InChI is InChI=1S/C12H16N2O/c1-15-12-4-7-14-9-11(12)8-10-2-5-13-6-3-10/h4,7-9,13H,2-3,5-6H2,1H3. The van der Waals surface area contributed by atoms with E-state index >= 15 is 0 Å². The lowest BCUT2D eigenvalue weighted by Gasteiger charge is -2.15. The summed E-state index contributed by atoms with van der Waals surface area (Å²) in [6.45, 7) is 2.16. The van der Waals surface area contributed by atoms with Gasteiger partial charge in [0.1, 0.15) is 5.75 Å². The Kier molecular flexibility index (Phi) is 3.35. The highest BCUT2D eigenvalue weighted by Gasteiger charge is 2.06. The molecule has 1 aromatic rings. The summed E-state index contributed by atoms with van der Waals surface area (Å²) in [5.74, 6) is 0.899. The predicted octanol–water partition coefficient (Wildman–Crippen LogP) is 1.86. The molecule has 2 rings (SSSR count). The molecule has 1 saturated heterocycles. The Bertz CT molecular complexity index is 352. The highest BCUT2D eigenvalue weighted by atomic mass is 16.5. The van der Waals surface area contributed by atoms with E-state index in [4.69, 9.17) is 4.74 Å². The maximum atomic E-state index is 5.29. The van der Waals surface area contributed by atoms with Crippen LogP contribution in [-0.2, 0) is 0 Å². The molecule has 15 heavy (non-hydrogen) atoms. The predicted molar refractivity (Wildman–Crippen MR) is 60.9 cm³/mol. The molecule has 0 spiro atoms. The van der Waals surface area contributed by atoms with Crippen LogP contribution in [0.2, 0.25) is 0 Å². The molecule has 2 heterocycles. The molecular weight excluding hydrogens is 188 g/mol. The van der Waals surface area contributed by atoms with E-state index in [-0.39, 0.29) is 0 Å². The molecule has 1 N–H and O–H groups in total. The van der Waals surface area contributed by atoms with E-state index in [2.05, 4.69) is 16.4 Å². The lowest BCUT2D eigenvalue weighted by atomic mass is 10.0. The lowest BCUT2D eigenvalue weighted by Crippen LogP contribution is -2.22. The van der Waals surface area contributed by atoms with E-state index in [0.717, 1.165) is 37.2 Å². The molecular formula is C12H16N2O. The summed E-state index contributed by atoms with van der Waals surface area (Å²) >= 11 is 0. The van der Waals surface area contributed by atoms with Crippen LogP contribution in [0.1, 0.15) is 18.4 Å². The Hall–Kier alpha value is -1.35. The summed E-state index contributed by atoms with van der Waals surface area (Å²) in [6, 6.07) is 1.90. The van der Waals surface area contributed by atoms with Gasteiger partial charge in [0.15, 0.2) is 0 Å². The maximum absolute atomic E-state index is 5.29. The highest BCUT2D eigenvalue weighted by Crippen LogP contribution is 2.22. The number of hydrogen-bond acceptors (Lipinski definition) is 3. The van der Waals surface area contributed by atoms with Crippen LogP contribution < -0.4 is 10.1 Å². The summed E-state index contributed by atoms with van der Waals surface area (Å²) in [6.07, 6.45) is 8.06. The number of hydrogen-bond donors (Lipinski definition) is 1. The fourth-order valence-electron chi connectivity index (χ4n) is 1.80. The van der Waals surface area contributed by atoms with Crippen LogP contribution >= 0.6 is 0 Å². The van der Waals surface area contributed by atoms with Crippen molar-refractivity contribution in [2.45, 2.75) is 12.8 Å². The van der Waals surface area contributed by atoms with E-state index in [0.29, 0.717) is 0 Å². The second kappa shape index (κ2) is 4.94. The number of ether oxygens (including phenoxy) is 1. The van der Waals surface area contributed by atoms with Crippen molar-refractivity contribution in [1.82, 2.24) is 10.3 Å². The molecule has 0 saturated carbocycles. The molecule has 0 aromatic carbocycles. The van der Waals surface area contributed by atoms with Crippen LogP contribution in [0, 0.1) is 0 Å². The van der Waals surface area contributed by atoms with Crippen LogP contribution in [0.25, 0.3) is 6.08 Å². The van der Waals surface area contributed by atoms with E-state index in [9.17, 15) is 0 Å². The molecule has 1 aliphatic rings. The molecule has 0 atom stereocenters. The van der Waals surface area contributed by atoms with E-state index in [1.54, 1.807) is 13.3 Å². The van der Waals surface area contributed by atoms with Gasteiger partial charge in [-0.05, 0) is 32.0 Å². The summed E-state index contributed by atoms with van der Waals surface area (Å²) in [4.78, 5) is 4.12. The molecule has 3 nitrogen and oxygen atoms in total. The third kappa shape index (κ3) is 2.57. The van der Waals surface area contributed by atoms with Gasteiger partial charge >= 0.3 is 0 Å². The first-order valence-corrected chi connectivity index (χ1v) is 5.28. The molecule has 0 aliphatic carbocycles. The minimum Gasteiger partial charge on any atom is -0.496 e. The van der Waals surface area contributed by atoms with Gasteiger partial charge < -0.3 is 10.1 Å². The number of piperidine rings is 1. The number of aromatic nitrogens is 1. The summed E-state index contributed by atoms with van der Waals surface area (Å²) in [5, 5.41) is 3.34. The normalized spacial score (nSPS) is 16.2. The van der Waals surface area contributed by atoms with Crippen molar-refractivity contribution in [2.75, 3.05) is 20.2 Å². The Morgan fingerprint density at radius 3 is 2.93 bits per heavy atom. The summed E-state index contributed by atoms with van der Waals surface area (Å²) in [5.41, 5.74) is 2.55. The zero-order valence-corrected chi connectivity index (χ0v) is 8.99. The Balaban J connectivity index is 2.21. The van der Waals surface area contributed by atoms with Crippen molar-refractivity contribution < 1.29 is 4.74 Å². The molecule has 0 bridgehead atoms. The summed E-state index contributed by atoms with van der Waals surface area (Å²) in [7, 11) is 1.69. The number of nitrogens with zero attached hydrogens (tertiary/aromatic N) is 1. The maximum Gasteiger partial charge on any atom is 0.129 e. The molecule has 3 heteroatoms. The number of pyridine rings is 1. The topological polar surface area (TPSA) is 34.1 Å². The second-order valence-corrected chi connectivity index (χ2v) is 3.67. The van der Waals surface area contributed by atoms with E-state index in [1.165, 1.54) is 5.57 Å². The minimum absolute atomic E-state index is 0.899. The van der Waals surface area contributed by atoms with Gasteiger partial charge in [-0.15, -0.1) is 0 Å². The quantitative estimate of drug-likeness (QED) is 0.798. The van der Waals surface area contributed by atoms with Crippen LogP contribution in [-0.4, -0.2) is 25.2 Å². The molecule has 1 fully saturated rings. The molecule has 80 valence electrons. The first-order valence-electron chi connectivity index (χ1n) is 5.28. The fourth-order valence-corrected chi connectivity index (χ4v) is 1.80. The van der Waals surface area contributed by atoms with Crippen molar-refractivity contribution in [2.24, 2.45) is 0 Å². The van der Waals surface area contributed by atoms with Crippen molar-refractivity contribution in [3.8, 4) is 5.75 Å². The van der Waals surface area contributed by atoms with Gasteiger partial charge in [-0.1, -0.05) is 11.6 Å². The van der Waals surface area contributed by atoms with Crippen molar-refractivity contribution in [1.29, 1.82) is 0 Å². The SMILES string of the molecule is COc1ccncc1C=C1CCNCC1. The lowest BCUT2D eigenvalue weighted by molar-refractivity contribution is 0.413. The van der Waals surface area contributed by atoms with Gasteiger partial charge in [-0.2, -0.15) is 0 Å². The molecule has 0 radical (unpaired) electrons. The van der Waals surface area contributed by atoms with Crippen LogP contribution in [0.3, 0.4) is 0 Å². The van der Waals surface area contributed by atoms with Gasteiger partial charge in [0, 0.05) is 18.0 Å². The average Bonchev–Trinajstić information content (AvgIpc) is 2.31. The molecule has 0 unspecified atom stereocenters. The zero-order valence-electron chi connectivity index (χ0n) is 8.99. The van der Waals surface area contributed by atoms with E-state index < -0.39 is 0 Å². The first kappa shape index (κ1) is 10.2. The monoisotopic (exact) mass is 204 g/mol. The molecule has 1 aliphatic heterocycles. The van der Waals surface area contributed by atoms with Crippen molar-refractivity contribution in [3.05, 3.63) is 29.6 Å². The second-order valence-electron chi connectivity index (χ2n) is 3.67. The van der Waals surface area contributed by atoms with Crippen LogP contribution in [0.5, 0.6) is 5.75 Å². The first-order chi connectivity index (χ1) is 7.40. The number of methoxy groups -OCH3 is 1. The van der Waals surface area contributed by atoms with Gasteiger partial charge in [0.2, 0.25) is 0 Å². The third-order valence-corrected chi connectivity index (χ3v) is 2.64. The molecule has 1 aromatic heterocycles. The van der Waals surface area contributed by atoms with Crippen molar-refractivity contribution in [3.63, 3.8) is 0 Å². The number of rotatable bonds is 2.